The monoisotopic (exact) mass is 481 g/mol. The fourth-order valence-electron chi connectivity index (χ4n) is 4.02. The summed E-state index contributed by atoms with van der Waals surface area (Å²) < 4.78 is 13.8. The van der Waals surface area contributed by atoms with Crippen LogP contribution in [0.5, 0.6) is 11.6 Å². The Balaban J connectivity index is 1.59. The summed E-state index contributed by atoms with van der Waals surface area (Å²) in [6.07, 6.45) is 6.15. The van der Waals surface area contributed by atoms with E-state index in [1.807, 2.05) is 23.6 Å². The third kappa shape index (κ3) is 5.65. The van der Waals surface area contributed by atoms with Gasteiger partial charge in [-0.05, 0) is 48.6 Å². The third-order valence-electron chi connectivity index (χ3n) is 6.01. The van der Waals surface area contributed by atoms with E-state index < -0.39 is 8.07 Å². The van der Waals surface area contributed by atoms with E-state index in [-0.39, 0.29) is 11.9 Å². The number of fused-ring (bicyclic) bond motifs is 2. The lowest BCUT2D eigenvalue weighted by Gasteiger charge is -2.15. The van der Waals surface area contributed by atoms with Crippen molar-refractivity contribution < 1.29 is 14.3 Å². The molecule has 0 bridgehead atoms. The smallest absolute Gasteiger partial charge is 0.255 e. The molecule has 0 aliphatic heterocycles. The van der Waals surface area contributed by atoms with Crippen LogP contribution in [0.15, 0.2) is 30.6 Å². The van der Waals surface area contributed by atoms with E-state index in [2.05, 4.69) is 41.0 Å². The maximum absolute atomic E-state index is 12.8. The lowest BCUT2D eigenvalue weighted by Crippen LogP contribution is -2.24. The highest BCUT2D eigenvalue weighted by atomic mass is 28.3. The van der Waals surface area contributed by atoms with Crippen molar-refractivity contribution >= 4 is 25.1 Å². The zero-order chi connectivity index (χ0) is 24.3. The molecule has 1 aromatic carbocycles. The molecular formula is C25H35N5O3Si. The largest absolute Gasteiger partial charge is 0.437 e. The van der Waals surface area contributed by atoms with Gasteiger partial charge >= 0.3 is 0 Å². The highest BCUT2D eigenvalue weighted by Crippen LogP contribution is 2.33. The number of aryl methyl sites for hydroxylation is 1. The molecule has 1 amide bonds. The van der Waals surface area contributed by atoms with E-state index in [1.54, 1.807) is 12.4 Å². The van der Waals surface area contributed by atoms with Gasteiger partial charge in [-0.2, -0.15) is 0 Å². The van der Waals surface area contributed by atoms with E-state index in [9.17, 15) is 4.79 Å². The summed E-state index contributed by atoms with van der Waals surface area (Å²) in [5.41, 5.74) is 10.2. The molecule has 0 unspecified atom stereocenters. The summed E-state index contributed by atoms with van der Waals surface area (Å²) in [7, 11) is -1.18. The first-order chi connectivity index (χ1) is 16.2. The van der Waals surface area contributed by atoms with Crippen molar-refractivity contribution in [3.8, 4) is 11.6 Å². The number of carbonyl (C=O) groups is 1. The zero-order valence-corrected chi connectivity index (χ0v) is 21.6. The average Bonchev–Trinajstić information content (AvgIpc) is 3.35. The predicted octanol–water partition coefficient (Wildman–Crippen LogP) is 4.62. The molecule has 3 aromatic rings. The Hall–Kier alpha value is -2.75. The molecule has 9 heteroatoms. The van der Waals surface area contributed by atoms with Crippen LogP contribution in [0.3, 0.4) is 0 Å². The number of carbonyl (C=O) groups excluding carboxylic acids is 1. The zero-order valence-electron chi connectivity index (χ0n) is 20.6. The van der Waals surface area contributed by atoms with E-state index in [4.69, 9.17) is 15.2 Å². The second-order valence-electron chi connectivity index (χ2n) is 10.1. The standard InChI is InChI=1S/C25H35N5O3Si/c1-5-10-27-25(31)20-15-30(16-32-11-12-34(2,3)4)24-23(20)29-22(14-28-24)33-18-8-6-17-7-9-21(26)19(17)13-18/h6,8,13-15,21H,5,7,9-12,16,26H2,1-4H3,(H,27,31)/t21-/m1/s1. The Morgan fingerprint density at radius 2 is 2.15 bits per heavy atom. The molecule has 1 aliphatic rings. The molecule has 2 heterocycles. The molecule has 0 radical (unpaired) electrons. The maximum Gasteiger partial charge on any atom is 0.255 e. The third-order valence-corrected chi connectivity index (χ3v) is 7.72. The summed E-state index contributed by atoms with van der Waals surface area (Å²) in [5, 5.41) is 2.93. The molecule has 2 aromatic heterocycles. The molecular weight excluding hydrogens is 446 g/mol. The van der Waals surface area contributed by atoms with Gasteiger partial charge in [0.1, 0.15) is 18.0 Å². The number of aromatic nitrogens is 3. The Kier molecular flexibility index (Phi) is 7.35. The van der Waals surface area contributed by atoms with Crippen LogP contribution in [0.2, 0.25) is 25.7 Å². The summed E-state index contributed by atoms with van der Waals surface area (Å²) >= 11 is 0. The average molecular weight is 482 g/mol. The van der Waals surface area contributed by atoms with Crippen LogP contribution in [0.4, 0.5) is 0 Å². The van der Waals surface area contributed by atoms with Gasteiger partial charge in [0.2, 0.25) is 5.88 Å². The normalized spacial score (nSPS) is 15.5. The first-order valence-corrected chi connectivity index (χ1v) is 15.7. The van der Waals surface area contributed by atoms with E-state index >= 15 is 0 Å². The minimum atomic E-state index is -1.18. The van der Waals surface area contributed by atoms with E-state index in [0.717, 1.165) is 30.9 Å². The number of amides is 1. The van der Waals surface area contributed by atoms with Crippen LogP contribution in [0, 0.1) is 0 Å². The first-order valence-electron chi connectivity index (χ1n) is 12.0. The Bertz CT molecular complexity index is 1170. The number of hydrogen-bond acceptors (Lipinski definition) is 6. The molecule has 34 heavy (non-hydrogen) atoms. The maximum atomic E-state index is 12.8. The second-order valence-corrected chi connectivity index (χ2v) is 15.7. The van der Waals surface area contributed by atoms with Crippen LogP contribution in [0.1, 0.15) is 47.3 Å². The summed E-state index contributed by atoms with van der Waals surface area (Å²) in [5.74, 6) is 0.819. The molecule has 4 rings (SSSR count). The lowest BCUT2D eigenvalue weighted by molar-refractivity contribution is 0.0892. The van der Waals surface area contributed by atoms with Crippen molar-refractivity contribution in [3.63, 3.8) is 0 Å². The van der Waals surface area contributed by atoms with Crippen molar-refractivity contribution in [2.24, 2.45) is 5.73 Å². The highest BCUT2D eigenvalue weighted by Gasteiger charge is 2.21. The molecule has 1 atom stereocenters. The van der Waals surface area contributed by atoms with Gasteiger partial charge in [0.25, 0.3) is 5.91 Å². The van der Waals surface area contributed by atoms with Crippen LogP contribution < -0.4 is 15.8 Å². The number of nitrogens with one attached hydrogen (secondary N) is 1. The van der Waals surface area contributed by atoms with Crippen molar-refractivity contribution in [1.29, 1.82) is 0 Å². The Morgan fingerprint density at radius 1 is 1.32 bits per heavy atom. The number of benzene rings is 1. The number of rotatable bonds is 10. The van der Waals surface area contributed by atoms with Crippen molar-refractivity contribution in [3.05, 3.63) is 47.3 Å². The summed E-state index contributed by atoms with van der Waals surface area (Å²) in [4.78, 5) is 22.1. The predicted molar refractivity (Wildman–Crippen MR) is 136 cm³/mol. The highest BCUT2D eigenvalue weighted by molar-refractivity contribution is 6.76. The summed E-state index contributed by atoms with van der Waals surface area (Å²) in [6.45, 7) is 10.6. The quantitative estimate of drug-likeness (QED) is 0.323. The second kappa shape index (κ2) is 10.2. The summed E-state index contributed by atoms with van der Waals surface area (Å²) in [6, 6.07) is 7.07. The molecule has 1 aliphatic carbocycles. The number of hydrogen-bond donors (Lipinski definition) is 2. The van der Waals surface area contributed by atoms with Crippen molar-refractivity contribution in [1.82, 2.24) is 19.9 Å². The topological polar surface area (TPSA) is 104 Å². The van der Waals surface area contributed by atoms with Crippen molar-refractivity contribution in [2.75, 3.05) is 13.2 Å². The van der Waals surface area contributed by atoms with Gasteiger partial charge in [-0.15, -0.1) is 0 Å². The molecule has 0 spiro atoms. The molecule has 0 fully saturated rings. The van der Waals surface area contributed by atoms with Gasteiger partial charge in [0.15, 0.2) is 5.65 Å². The molecule has 0 saturated heterocycles. The SMILES string of the molecule is CCCNC(=O)c1cn(COCC[Si](C)(C)C)c2ncc(Oc3ccc4c(c3)[C@H](N)CC4)nc12. The van der Waals surface area contributed by atoms with Gasteiger partial charge in [-0.3, -0.25) is 4.79 Å². The molecule has 3 N–H and O–H groups in total. The number of ether oxygens (including phenoxy) is 2. The van der Waals surface area contributed by atoms with Gasteiger partial charge in [0.05, 0.1) is 11.8 Å². The molecule has 0 saturated carbocycles. The van der Waals surface area contributed by atoms with Gasteiger partial charge < -0.3 is 25.1 Å². The number of nitrogens with zero attached hydrogens (tertiary/aromatic N) is 3. The first kappa shape index (κ1) is 24.4. The molecule has 182 valence electrons. The number of nitrogens with two attached hydrogens (primary N) is 1. The van der Waals surface area contributed by atoms with Gasteiger partial charge in [-0.25, -0.2) is 9.97 Å². The van der Waals surface area contributed by atoms with Crippen molar-refractivity contribution in [2.45, 2.75) is 64.6 Å². The van der Waals surface area contributed by atoms with Gasteiger partial charge in [0, 0.05) is 33.5 Å². The lowest BCUT2D eigenvalue weighted by atomic mass is 10.1. The van der Waals surface area contributed by atoms with Crippen LogP contribution in [-0.4, -0.2) is 41.7 Å². The minimum absolute atomic E-state index is 0.0379. The Labute approximate surface area is 201 Å². The van der Waals surface area contributed by atoms with Crippen LogP contribution >= 0.6 is 0 Å². The fourth-order valence-corrected chi connectivity index (χ4v) is 4.78. The van der Waals surface area contributed by atoms with E-state index in [1.165, 1.54) is 5.56 Å². The van der Waals surface area contributed by atoms with Gasteiger partial charge in [-0.1, -0.05) is 32.6 Å². The Morgan fingerprint density at radius 3 is 2.91 bits per heavy atom. The van der Waals surface area contributed by atoms with E-state index in [0.29, 0.717) is 48.2 Å². The minimum Gasteiger partial charge on any atom is -0.437 e. The van der Waals surface area contributed by atoms with Crippen LogP contribution in [0.25, 0.3) is 11.2 Å². The molecule has 8 nitrogen and oxygen atoms in total. The fraction of sp³-hybridized carbons (Fsp3) is 0.480. The van der Waals surface area contributed by atoms with Crippen LogP contribution in [-0.2, 0) is 17.9 Å².